The molecule has 0 heterocycles. The fourth-order valence-corrected chi connectivity index (χ4v) is 1.74. The summed E-state index contributed by atoms with van der Waals surface area (Å²) in [7, 11) is 0. The highest BCUT2D eigenvalue weighted by molar-refractivity contribution is 5.68. The van der Waals surface area contributed by atoms with E-state index in [1.807, 2.05) is 20.8 Å². The van der Waals surface area contributed by atoms with Crippen LogP contribution in [0.15, 0.2) is 0 Å². The van der Waals surface area contributed by atoms with Crippen molar-refractivity contribution in [3.8, 4) is 0 Å². The number of alkyl carbamates (subject to hydrolysis) is 1. The van der Waals surface area contributed by atoms with Gasteiger partial charge in [-0.3, -0.25) is 0 Å². The Hall–Kier alpha value is -0.770. The molecule has 0 aromatic carbocycles. The first-order valence-electron chi connectivity index (χ1n) is 5.56. The van der Waals surface area contributed by atoms with Gasteiger partial charge in [0.1, 0.15) is 5.60 Å². The van der Waals surface area contributed by atoms with Crippen LogP contribution in [0, 0.1) is 0 Å². The molecule has 15 heavy (non-hydrogen) atoms. The van der Waals surface area contributed by atoms with Crippen molar-refractivity contribution in [2.75, 3.05) is 0 Å². The number of hydrogen-bond donors (Lipinski definition) is 2. The molecule has 0 aliphatic heterocycles. The maximum Gasteiger partial charge on any atom is 0.407 e. The van der Waals surface area contributed by atoms with Gasteiger partial charge in [-0.25, -0.2) is 4.79 Å². The van der Waals surface area contributed by atoms with E-state index in [-0.39, 0.29) is 6.04 Å². The summed E-state index contributed by atoms with van der Waals surface area (Å²) in [5.74, 6) is 0. The van der Waals surface area contributed by atoms with Gasteiger partial charge in [0.15, 0.2) is 0 Å². The third-order valence-corrected chi connectivity index (χ3v) is 2.43. The lowest BCUT2D eigenvalue weighted by Crippen LogP contribution is -2.46. The Morgan fingerprint density at radius 2 is 1.93 bits per heavy atom. The maximum absolute atomic E-state index is 11.4. The van der Waals surface area contributed by atoms with Gasteiger partial charge in [-0.1, -0.05) is 12.8 Å². The van der Waals surface area contributed by atoms with Crippen molar-refractivity contribution in [1.82, 2.24) is 5.32 Å². The van der Waals surface area contributed by atoms with Crippen molar-refractivity contribution >= 4 is 6.09 Å². The summed E-state index contributed by atoms with van der Waals surface area (Å²) in [4.78, 5) is 11.4. The van der Waals surface area contributed by atoms with Gasteiger partial charge in [-0.2, -0.15) is 0 Å². The normalized spacial score (nSPS) is 27.2. The molecule has 88 valence electrons. The molecular formula is C11H21NO3. The molecule has 0 radical (unpaired) electrons. The van der Waals surface area contributed by atoms with E-state index in [0.29, 0.717) is 0 Å². The molecule has 2 N–H and O–H groups in total. The summed E-state index contributed by atoms with van der Waals surface area (Å²) in [6.07, 6.45) is 2.83. The largest absolute Gasteiger partial charge is 0.444 e. The second kappa shape index (κ2) is 4.84. The Morgan fingerprint density at radius 3 is 2.47 bits per heavy atom. The van der Waals surface area contributed by atoms with E-state index < -0.39 is 17.8 Å². The molecule has 1 aliphatic rings. The smallest absolute Gasteiger partial charge is 0.407 e. The second-order valence-corrected chi connectivity index (χ2v) is 5.10. The van der Waals surface area contributed by atoms with E-state index >= 15 is 0 Å². The van der Waals surface area contributed by atoms with Gasteiger partial charge in [-0.05, 0) is 33.6 Å². The zero-order chi connectivity index (χ0) is 11.5. The lowest BCUT2D eigenvalue weighted by molar-refractivity contribution is 0.0363. The zero-order valence-corrected chi connectivity index (χ0v) is 9.75. The van der Waals surface area contributed by atoms with Crippen molar-refractivity contribution in [3.63, 3.8) is 0 Å². The highest BCUT2D eigenvalue weighted by atomic mass is 16.6. The summed E-state index contributed by atoms with van der Waals surface area (Å²) in [5.41, 5.74) is -0.482. The first-order valence-corrected chi connectivity index (χ1v) is 5.56. The maximum atomic E-state index is 11.4. The Kier molecular flexibility index (Phi) is 3.97. The van der Waals surface area contributed by atoms with Crippen LogP contribution >= 0.6 is 0 Å². The molecule has 2 unspecified atom stereocenters. The van der Waals surface area contributed by atoms with E-state index in [4.69, 9.17) is 4.74 Å². The Morgan fingerprint density at radius 1 is 1.33 bits per heavy atom. The van der Waals surface area contributed by atoms with Crippen LogP contribution in [0.3, 0.4) is 0 Å². The molecular weight excluding hydrogens is 194 g/mol. The predicted octanol–water partition coefficient (Wildman–Crippen LogP) is 1.81. The van der Waals surface area contributed by atoms with Gasteiger partial charge in [0.05, 0.1) is 12.1 Å². The minimum Gasteiger partial charge on any atom is -0.444 e. The monoisotopic (exact) mass is 215 g/mol. The van der Waals surface area contributed by atoms with E-state index in [0.717, 1.165) is 25.7 Å². The van der Waals surface area contributed by atoms with Crippen LogP contribution in [0.4, 0.5) is 4.79 Å². The SMILES string of the molecule is CC(C)(C)OC(=O)NC1CCCCC1O. The number of carbonyl (C=O) groups excluding carboxylic acids is 1. The van der Waals surface area contributed by atoms with Crippen molar-refractivity contribution in [3.05, 3.63) is 0 Å². The standard InChI is InChI=1S/C11H21NO3/c1-11(2,3)15-10(14)12-8-6-4-5-7-9(8)13/h8-9,13H,4-7H2,1-3H3,(H,12,14). The highest BCUT2D eigenvalue weighted by Gasteiger charge is 2.26. The van der Waals surface area contributed by atoms with E-state index in [1.54, 1.807) is 0 Å². The van der Waals surface area contributed by atoms with Crippen molar-refractivity contribution < 1.29 is 14.6 Å². The van der Waals surface area contributed by atoms with Crippen LogP contribution in [0.25, 0.3) is 0 Å². The second-order valence-electron chi connectivity index (χ2n) is 5.10. The number of aliphatic hydroxyl groups is 1. The van der Waals surface area contributed by atoms with Crippen LogP contribution in [0.2, 0.25) is 0 Å². The molecule has 0 spiro atoms. The van der Waals surface area contributed by atoms with Crippen LogP contribution < -0.4 is 5.32 Å². The number of ether oxygens (including phenoxy) is 1. The third kappa shape index (κ3) is 4.51. The summed E-state index contributed by atoms with van der Waals surface area (Å²) in [6, 6.07) is -0.145. The number of aliphatic hydroxyl groups excluding tert-OH is 1. The number of rotatable bonds is 1. The zero-order valence-electron chi connectivity index (χ0n) is 9.75. The molecule has 0 saturated heterocycles. The first-order chi connectivity index (χ1) is 6.88. The van der Waals surface area contributed by atoms with Gasteiger partial charge >= 0.3 is 6.09 Å². The van der Waals surface area contributed by atoms with Crippen LogP contribution in [-0.4, -0.2) is 28.9 Å². The average molecular weight is 215 g/mol. The summed E-state index contributed by atoms with van der Waals surface area (Å²) >= 11 is 0. The predicted molar refractivity (Wildman–Crippen MR) is 57.6 cm³/mol. The molecule has 1 saturated carbocycles. The van der Waals surface area contributed by atoms with Crippen molar-refractivity contribution in [2.45, 2.75) is 64.2 Å². The Balaban J connectivity index is 2.36. The minimum atomic E-state index is -0.482. The van der Waals surface area contributed by atoms with Gasteiger partial charge in [0.25, 0.3) is 0 Å². The lowest BCUT2D eigenvalue weighted by Gasteiger charge is -2.29. The molecule has 1 amide bonds. The first kappa shape index (κ1) is 12.3. The number of hydrogen-bond acceptors (Lipinski definition) is 3. The number of amides is 1. The minimum absolute atomic E-state index is 0.145. The fourth-order valence-electron chi connectivity index (χ4n) is 1.74. The third-order valence-electron chi connectivity index (χ3n) is 2.43. The topological polar surface area (TPSA) is 58.6 Å². The molecule has 1 aliphatic carbocycles. The quantitative estimate of drug-likeness (QED) is 0.701. The van der Waals surface area contributed by atoms with Gasteiger partial charge in [-0.15, -0.1) is 0 Å². The van der Waals surface area contributed by atoms with Crippen molar-refractivity contribution in [1.29, 1.82) is 0 Å². The molecule has 0 aromatic heterocycles. The van der Waals surface area contributed by atoms with Gasteiger partial charge < -0.3 is 15.2 Å². The molecule has 0 bridgehead atoms. The van der Waals surface area contributed by atoms with E-state index in [2.05, 4.69) is 5.32 Å². The molecule has 0 aromatic rings. The summed E-state index contributed by atoms with van der Waals surface area (Å²) < 4.78 is 5.13. The van der Waals surface area contributed by atoms with E-state index in [9.17, 15) is 9.90 Å². The number of nitrogens with one attached hydrogen (secondary N) is 1. The summed E-state index contributed by atoms with van der Waals surface area (Å²) in [5, 5.41) is 12.4. The van der Waals surface area contributed by atoms with Crippen LogP contribution in [0.1, 0.15) is 46.5 Å². The van der Waals surface area contributed by atoms with E-state index in [1.165, 1.54) is 0 Å². The molecule has 4 heteroatoms. The van der Waals surface area contributed by atoms with Gasteiger partial charge in [0, 0.05) is 0 Å². The molecule has 2 atom stereocenters. The van der Waals surface area contributed by atoms with Crippen LogP contribution in [-0.2, 0) is 4.74 Å². The summed E-state index contributed by atoms with van der Waals surface area (Å²) in [6.45, 7) is 5.47. The average Bonchev–Trinajstić information content (AvgIpc) is 2.05. The van der Waals surface area contributed by atoms with Crippen molar-refractivity contribution in [2.24, 2.45) is 0 Å². The number of carbonyl (C=O) groups is 1. The fraction of sp³-hybridized carbons (Fsp3) is 0.909. The highest BCUT2D eigenvalue weighted by Crippen LogP contribution is 2.18. The lowest BCUT2D eigenvalue weighted by atomic mass is 9.93. The van der Waals surface area contributed by atoms with Gasteiger partial charge in [0.2, 0.25) is 0 Å². The molecule has 1 fully saturated rings. The molecule has 1 rings (SSSR count). The Bertz CT molecular complexity index is 222. The van der Waals surface area contributed by atoms with Crippen LogP contribution in [0.5, 0.6) is 0 Å². The molecule has 4 nitrogen and oxygen atoms in total. The Labute approximate surface area is 91.0 Å².